The molecule has 1 aliphatic rings. The van der Waals surface area contributed by atoms with E-state index in [1.807, 2.05) is 18.2 Å². The first-order chi connectivity index (χ1) is 14.3. The predicted molar refractivity (Wildman–Crippen MR) is 116 cm³/mol. The van der Waals surface area contributed by atoms with Crippen molar-refractivity contribution in [3.8, 4) is 11.5 Å². The van der Waals surface area contributed by atoms with Crippen LogP contribution in [0.5, 0.6) is 11.5 Å². The number of amides is 1. The molecule has 2 aromatic rings. The Kier molecular flexibility index (Phi) is 7.46. The van der Waals surface area contributed by atoms with Crippen molar-refractivity contribution in [2.45, 2.75) is 13.0 Å². The Morgan fingerprint density at radius 2 is 1.97 bits per heavy atom. The van der Waals surface area contributed by atoms with Gasteiger partial charge in [0.15, 0.2) is 6.61 Å². The molecule has 0 unspecified atom stereocenters. The molecule has 1 aliphatic heterocycles. The van der Waals surface area contributed by atoms with Crippen LogP contribution in [-0.2, 0) is 27.8 Å². The fourth-order valence-corrected chi connectivity index (χ4v) is 4.89. The lowest BCUT2D eigenvalue weighted by atomic mass is 10.0. The average molecular weight is 473 g/mol. The topological polar surface area (TPSA) is 84.9 Å². The molecule has 30 heavy (non-hydrogen) atoms. The summed E-state index contributed by atoms with van der Waals surface area (Å²) in [6.07, 6.45) is 0.619. The average Bonchev–Trinajstić information content (AvgIpc) is 2.72. The van der Waals surface area contributed by atoms with Gasteiger partial charge in [0.25, 0.3) is 5.91 Å². The highest BCUT2D eigenvalue weighted by atomic mass is 35.5. The second-order valence-electron chi connectivity index (χ2n) is 6.75. The molecule has 7 nitrogen and oxygen atoms in total. The van der Waals surface area contributed by atoms with Crippen LogP contribution in [0.15, 0.2) is 36.4 Å². The van der Waals surface area contributed by atoms with Crippen molar-refractivity contribution in [1.82, 2.24) is 9.62 Å². The van der Waals surface area contributed by atoms with Crippen molar-refractivity contribution >= 4 is 39.1 Å². The van der Waals surface area contributed by atoms with Crippen molar-refractivity contribution in [3.63, 3.8) is 0 Å². The lowest BCUT2D eigenvalue weighted by Gasteiger charge is -2.28. The SMILES string of the molecule is COc1ccc2c(c1)CCN(S(=O)(=O)CCNC(=O)COc1ccc(Cl)cc1Cl)C2. The van der Waals surface area contributed by atoms with Crippen LogP contribution in [0, 0.1) is 0 Å². The summed E-state index contributed by atoms with van der Waals surface area (Å²) in [6, 6.07) is 10.3. The molecule has 0 spiro atoms. The smallest absolute Gasteiger partial charge is 0.257 e. The summed E-state index contributed by atoms with van der Waals surface area (Å²) in [7, 11) is -1.90. The Bertz CT molecular complexity index is 1030. The number of fused-ring (bicyclic) bond motifs is 1. The van der Waals surface area contributed by atoms with E-state index in [1.54, 1.807) is 19.2 Å². The van der Waals surface area contributed by atoms with Crippen LogP contribution >= 0.6 is 23.2 Å². The lowest BCUT2D eigenvalue weighted by Crippen LogP contribution is -2.41. The van der Waals surface area contributed by atoms with E-state index in [4.69, 9.17) is 32.7 Å². The standard InChI is InChI=1S/C20H22Cl2N2O5S/c1-28-17-4-2-15-12-24(8-6-14(15)10-17)30(26,27)9-7-23-20(25)13-29-19-5-3-16(21)11-18(19)22/h2-5,10-11H,6-9,12-13H2,1H3,(H,23,25). The van der Waals surface area contributed by atoms with Gasteiger partial charge in [0.2, 0.25) is 10.0 Å². The molecular formula is C20H22Cl2N2O5S. The third kappa shape index (κ3) is 5.78. The number of benzene rings is 2. The predicted octanol–water partition coefficient (Wildman–Crippen LogP) is 2.89. The Hall–Kier alpha value is -2.00. The molecule has 1 N–H and O–H groups in total. The maximum atomic E-state index is 12.6. The second-order valence-corrected chi connectivity index (χ2v) is 9.68. The van der Waals surface area contributed by atoms with Gasteiger partial charge in [-0.3, -0.25) is 4.79 Å². The maximum Gasteiger partial charge on any atom is 0.257 e. The largest absolute Gasteiger partial charge is 0.497 e. The van der Waals surface area contributed by atoms with E-state index in [2.05, 4.69) is 5.32 Å². The quantitative estimate of drug-likeness (QED) is 0.638. The summed E-state index contributed by atoms with van der Waals surface area (Å²) in [5.74, 6) is 0.459. The minimum absolute atomic E-state index is 0.00908. The van der Waals surface area contributed by atoms with Gasteiger partial charge in [-0.05, 0) is 47.9 Å². The maximum absolute atomic E-state index is 12.6. The van der Waals surface area contributed by atoms with Gasteiger partial charge in [-0.15, -0.1) is 0 Å². The van der Waals surface area contributed by atoms with Crippen LogP contribution in [0.4, 0.5) is 0 Å². The summed E-state index contributed by atoms with van der Waals surface area (Å²) >= 11 is 11.8. The van der Waals surface area contributed by atoms with Gasteiger partial charge in [0.1, 0.15) is 11.5 Å². The Morgan fingerprint density at radius 3 is 2.70 bits per heavy atom. The van der Waals surface area contributed by atoms with Crippen molar-refractivity contribution < 1.29 is 22.7 Å². The zero-order valence-electron chi connectivity index (χ0n) is 16.4. The Morgan fingerprint density at radius 1 is 1.17 bits per heavy atom. The molecule has 2 aromatic carbocycles. The van der Waals surface area contributed by atoms with E-state index in [1.165, 1.54) is 10.4 Å². The lowest BCUT2D eigenvalue weighted by molar-refractivity contribution is -0.122. The summed E-state index contributed by atoms with van der Waals surface area (Å²) < 4.78 is 37.3. The molecular weight excluding hydrogens is 451 g/mol. The van der Waals surface area contributed by atoms with Gasteiger partial charge < -0.3 is 14.8 Å². The first-order valence-electron chi connectivity index (χ1n) is 9.26. The molecule has 1 heterocycles. The van der Waals surface area contributed by atoms with Crippen molar-refractivity contribution in [1.29, 1.82) is 0 Å². The monoisotopic (exact) mass is 472 g/mol. The van der Waals surface area contributed by atoms with Gasteiger partial charge in [-0.25, -0.2) is 8.42 Å². The molecule has 162 valence electrons. The minimum Gasteiger partial charge on any atom is -0.497 e. The number of methoxy groups -OCH3 is 1. The molecule has 1 amide bonds. The van der Waals surface area contributed by atoms with Crippen molar-refractivity contribution in [2.75, 3.05) is 32.6 Å². The number of carbonyl (C=O) groups is 1. The number of nitrogens with one attached hydrogen (secondary N) is 1. The van der Waals surface area contributed by atoms with E-state index in [-0.39, 0.29) is 18.9 Å². The van der Waals surface area contributed by atoms with Gasteiger partial charge in [0, 0.05) is 24.7 Å². The molecule has 3 rings (SSSR count). The van der Waals surface area contributed by atoms with Crippen LogP contribution in [0.25, 0.3) is 0 Å². The summed E-state index contributed by atoms with van der Waals surface area (Å²) in [5.41, 5.74) is 2.05. The first kappa shape index (κ1) is 22.7. The van der Waals surface area contributed by atoms with Crippen LogP contribution in [0.2, 0.25) is 10.0 Å². The molecule has 0 radical (unpaired) electrons. The van der Waals surface area contributed by atoms with Gasteiger partial charge in [-0.2, -0.15) is 4.31 Å². The Balaban J connectivity index is 1.47. The normalized spacial score (nSPS) is 14.1. The highest BCUT2D eigenvalue weighted by molar-refractivity contribution is 7.89. The van der Waals surface area contributed by atoms with E-state index < -0.39 is 15.9 Å². The van der Waals surface area contributed by atoms with Gasteiger partial charge in [0.05, 0.1) is 17.9 Å². The number of hydrogen-bond donors (Lipinski definition) is 1. The third-order valence-corrected chi connectivity index (χ3v) is 7.07. The molecule has 0 atom stereocenters. The van der Waals surface area contributed by atoms with Crippen molar-refractivity contribution in [2.24, 2.45) is 0 Å². The molecule has 0 saturated heterocycles. The second kappa shape index (κ2) is 9.87. The molecule has 0 aliphatic carbocycles. The van der Waals surface area contributed by atoms with Crippen LogP contribution < -0.4 is 14.8 Å². The summed E-state index contributed by atoms with van der Waals surface area (Å²) in [6.45, 7) is 0.424. The molecule has 0 saturated carbocycles. The van der Waals surface area contributed by atoms with Crippen molar-refractivity contribution in [3.05, 3.63) is 57.6 Å². The van der Waals surface area contributed by atoms with Crippen LogP contribution in [0.1, 0.15) is 11.1 Å². The fraction of sp³-hybridized carbons (Fsp3) is 0.350. The minimum atomic E-state index is -3.51. The highest BCUT2D eigenvalue weighted by Gasteiger charge is 2.26. The number of halogens is 2. The number of hydrogen-bond acceptors (Lipinski definition) is 5. The summed E-state index contributed by atoms with van der Waals surface area (Å²) in [4.78, 5) is 12.0. The number of carbonyl (C=O) groups excluding carboxylic acids is 1. The zero-order chi connectivity index (χ0) is 21.7. The fourth-order valence-electron chi connectivity index (χ4n) is 3.10. The highest BCUT2D eigenvalue weighted by Crippen LogP contribution is 2.27. The van der Waals surface area contributed by atoms with Crippen LogP contribution in [-0.4, -0.2) is 51.2 Å². The number of nitrogens with zero attached hydrogens (tertiary/aromatic N) is 1. The number of ether oxygens (including phenoxy) is 2. The van der Waals surface area contributed by atoms with E-state index >= 15 is 0 Å². The number of sulfonamides is 1. The van der Waals surface area contributed by atoms with E-state index in [0.29, 0.717) is 35.3 Å². The van der Waals surface area contributed by atoms with Gasteiger partial charge in [-0.1, -0.05) is 29.3 Å². The molecule has 0 bridgehead atoms. The number of rotatable bonds is 8. The Labute approximate surface area is 185 Å². The molecule has 0 fully saturated rings. The van der Waals surface area contributed by atoms with Crippen LogP contribution in [0.3, 0.4) is 0 Å². The van der Waals surface area contributed by atoms with E-state index in [0.717, 1.165) is 16.9 Å². The molecule has 0 aromatic heterocycles. The third-order valence-electron chi connectivity index (χ3n) is 4.72. The first-order valence-corrected chi connectivity index (χ1v) is 11.6. The van der Waals surface area contributed by atoms with E-state index in [9.17, 15) is 13.2 Å². The van der Waals surface area contributed by atoms with Gasteiger partial charge >= 0.3 is 0 Å². The molecule has 10 heteroatoms. The zero-order valence-corrected chi connectivity index (χ0v) is 18.7. The summed E-state index contributed by atoms with van der Waals surface area (Å²) in [5, 5.41) is 3.31.